The molecule has 0 rings (SSSR count). The van der Waals surface area contributed by atoms with Crippen molar-refractivity contribution >= 4 is 5.97 Å². The first-order chi connectivity index (χ1) is 5.45. The lowest BCUT2D eigenvalue weighted by Gasteiger charge is -2.16. The summed E-state index contributed by atoms with van der Waals surface area (Å²) >= 11 is 0. The summed E-state index contributed by atoms with van der Waals surface area (Å²) < 4.78 is 4.80. The Labute approximate surface area is 74.5 Å². The summed E-state index contributed by atoms with van der Waals surface area (Å²) in [5.41, 5.74) is 0.201. The normalized spacial score (nSPS) is 11.3. The number of nitrogens with two attached hydrogens (primary N) is 1. The van der Waals surface area contributed by atoms with Crippen LogP contribution < -0.4 is 5.32 Å². The fourth-order valence-electron chi connectivity index (χ4n) is 0.856. The highest BCUT2D eigenvalue weighted by Gasteiger charge is 2.13. The molecule has 2 N–H and O–H groups in total. The van der Waals surface area contributed by atoms with Gasteiger partial charge in [0.25, 0.3) is 0 Å². The molecular weight excluding hydrogens is 154 g/mol. The van der Waals surface area contributed by atoms with Gasteiger partial charge in [-0.05, 0) is 27.7 Å². The van der Waals surface area contributed by atoms with Crippen molar-refractivity contribution in [3.63, 3.8) is 0 Å². The highest BCUT2D eigenvalue weighted by molar-refractivity contribution is 5.69. The summed E-state index contributed by atoms with van der Waals surface area (Å²) in [4.78, 5) is 10.9. The molecule has 0 fully saturated rings. The minimum atomic E-state index is -0.0991. The van der Waals surface area contributed by atoms with Gasteiger partial charge in [-0.3, -0.25) is 4.79 Å². The second-order valence-electron chi connectivity index (χ2n) is 3.91. The van der Waals surface area contributed by atoms with Crippen molar-refractivity contribution in [1.29, 1.82) is 0 Å². The molecule has 72 valence electrons. The van der Waals surface area contributed by atoms with Gasteiger partial charge in [0.2, 0.25) is 0 Å². The molecule has 0 heterocycles. The summed E-state index contributed by atoms with van der Waals surface area (Å²) in [7, 11) is 0. The molecule has 0 aromatic heterocycles. The zero-order valence-electron chi connectivity index (χ0n) is 8.52. The molecule has 0 aliphatic rings. The Kier molecular flexibility index (Phi) is 4.90. The van der Waals surface area contributed by atoms with Gasteiger partial charge in [-0.25, -0.2) is 0 Å². The molecule has 0 bridgehead atoms. The Balaban J connectivity index is 3.37. The molecule has 0 saturated heterocycles. The van der Waals surface area contributed by atoms with E-state index in [1.165, 1.54) is 0 Å². The van der Waals surface area contributed by atoms with Crippen LogP contribution >= 0.6 is 0 Å². The molecular formula is C9H20NO2+. The first-order valence-corrected chi connectivity index (χ1v) is 4.45. The number of quaternary nitrogens is 1. The number of carbonyl (C=O) groups excluding carboxylic acids is 1. The van der Waals surface area contributed by atoms with Gasteiger partial charge < -0.3 is 10.1 Å². The lowest BCUT2D eigenvalue weighted by molar-refractivity contribution is -0.716. The van der Waals surface area contributed by atoms with Crippen LogP contribution in [0.25, 0.3) is 0 Å². The number of esters is 1. The van der Waals surface area contributed by atoms with Crippen LogP contribution in [0.15, 0.2) is 0 Å². The van der Waals surface area contributed by atoms with Crippen LogP contribution in [0.3, 0.4) is 0 Å². The molecule has 0 aromatic rings. The molecule has 0 radical (unpaired) electrons. The zero-order valence-corrected chi connectivity index (χ0v) is 8.52. The Bertz CT molecular complexity index is 138. The van der Waals surface area contributed by atoms with Gasteiger partial charge in [0, 0.05) is 0 Å². The SMILES string of the molecule is CCOC(=O)CC[NH2+]C(C)(C)C. The summed E-state index contributed by atoms with van der Waals surface area (Å²) in [5, 5.41) is 2.14. The second kappa shape index (κ2) is 5.14. The second-order valence-corrected chi connectivity index (χ2v) is 3.91. The minimum Gasteiger partial charge on any atom is -0.466 e. The Morgan fingerprint density at radius 1 is 1.42 bits per heavy atom. The van der Waals surface area contributed by atoms with Gasteiger partial charge >= 0.3 is 5.97 Å². The first kappa shape index (κ1) is 11.4. The third kappa shape index (κ3) is 7.54. The molecule has 0 aliphatic heterocycles. The maximum Gasteiger partial charge on any atom is 0.311 e. The Morgan fingerprint density at radius 3 is 2.42 bits per heavy atom. The van der Waals surface area contributed by atoms with E-state index < -0.39 is 0 Å². The maximum absolute atomic E-state index is 10.9. The van der Waals surface area contributed by atoms with Gasteiger partial charge in [-0.15, -0.1) is 0 Å². The van der Waals surface area contributed by atoms with E-state index in [-0.39, 0.29) is 11.5 Å². The fourth-order valence-corrected chi connectivity index (χ4v) is 0.856. The third-order valence-corrected chi connectivity index (χ3v) is 1.41. The van der Waals surface area contributed by atoms with Crippen molar-refractivity contribution in [3.8, 4) is 0 Å². The number of ether oxygens (including phenoxy) is 1. The van der Waals surface area contributed by atoms with E-state index in [1.54, 1.807) is 0 Å². The number of rotatable bonds is 4. The fraction of sp³-hybridized carbons (Fsp3) is 0.889. The molecule has 12 heavy (non-hydrogen) atoms. The van der Waals surface area contributed by atoms with Gasteiger partial charge in [-0.1, -0.05) is 0 Å². The van der Waals surface area contributed by atoms with Crippen molar-refractivity contribution in [1.82, 2.24) is 0 Å². The standard InChI is InChI=1S/C9H19NO2/c1-5-12-8(11)6-7-10-9(2,3)4/h10H,5-7H2,1-4H3/p+1. The molecule has 0 spiro atoms. The van der Waals surface area contributed by atoms with Crippen molar-refractivity contribution in [3.05, 3.63) is 0 Å². The molecule has 0 atom stereocenters. The molecule has 0 saturated carbocycles. The van der Waals surface area contributed by atoms with Crippen molar-refractivity contribution < 1.29 is 14.8 Å². The predicted octanol–water partition coefficient (Wildman–Crippen LogP) is 0.301. The Hall–Kier alpha value is -0.570. The molecule has 3 nitrogen and oxygen atoms in total. The van der Waals surface area contributed by atoms with Crippen molar-refractivity contribution in [2.45, 2.75) is 39.7 Å². The monoisotopic (exact) mass is 174 g/mol. The minimum absolute atomic E-state index is 0.0991. The van der Waals surface area contributed by atoms with Gasteiger partial charge in [-0.2, -0.15) is 0 Å². The summed E-state index contributed by atoms with van der Waals surface area (Å²) in [5.74, 6) is -0.0991. The van der Waals surface area contributed by atoms with Crippen LogP contribution in [0.2, 0.25) is 0 Å². The molecule has 0 unspecified atom stereocenters. The van der Waals surface area contributed by atoms with Crippen LogP contribution in [-0.4, -0.2) is 24.7 Å². The van der Waals surface area contributed by atoms with Gasteiger partial charge in [0.15, 0.2) is 0 Å². The quantitative estimate of drug-likeness (QED) is 0.623. The third-order valence-electron chi connectivity index (χ3n) is 1.41. The van der Waals surface area contributed by atoms with E-state index in [2.05, 4.69) is 26.1 Å². The highest BCUT2D eigenvalue weighted by Crippen LogP contribution is 1.89. The van der Waals surface area contributed by atoms with Crippen LogP contribution in [0.5, 0.6) is 0 Å². The van der Waals surface area contributed by atoms with Crippen LogP contribution in [-0.2, 0) is 9.53 Å². The topological polar surface area (TPSA) is 42.9 Å². The first-order valence-electron chi connectivity index (χ1n) is 4.45. The van der Waals surface area contributed by atoms with Crippen LogP contribution in [0, 0.1) is 0 Å². The van der Waals surface area contributed by atoms with Crippen LogP contribution in [0.4, 0.5) is 0 Å². The molecule has 0 aromatic carbocycles. The lowest BCUT2D eigenvalue weighted by atomic mass is 10.1. The number of hydrogen-bond acceptors (Lipinski definition) is 2. The average Bonchev–Trinajstić information content (AvgIpc) is 1.84. The largest absolute Gasteiger partial charge is 0.466 e. The summed E-state index contributed by atoms with van der Waals surface area (Å²) in [6.45, 7) is 9.48. The molecule has 0 amide bonds. The van der Waals surface area contributed by atoms with Gasteiger partial charge in [0.1, 0.15) is 0 Å². The summed E-state index contributed by atoms with van der Waals surface area (Å²) in [6.07, 6.45) is 0.505. The van der Waals surface area contributed by atoms with E-state index in [9.17, 15) is 4.79 Å². The highest BCUT2D eigenvalue weighted by atomic mass is 16.5. The number of carbonyl (C=O) groups is 1. The maximum atomic E-state index is 10.9. The van der Waals surface area contributed by atoms with E-state index in [1.807, 2.05) is 6.92 Å². The molecule has 3 heteroatoms. The van der Waals surface area contributed by atoms with Gasteiger partial charge in [0.05, 0.1) is 25.1 Å². The molecule has 0 aliphatic carbocycles. The van der Waals surface area contributed by atoms with E-state index in [0.29, 0.717) is 13.0 Å². The van der Waals surface area contributed by atoms with Crippen molar-refractivity contribution in [2.75, 3.05) is 13.2 Å². The Morgan fingerprint density at radius 2 is 2.00 bits per heavy atom. The smallest absolute Gasteiger partial charge is 0.311 e. The lowest BCUT2D eigenvalue weighted by Crippen LogP contribution is -2.94. The summed E-state index contributed by atoms with van der Waals surface area (Å²) in [6, 6.07) is 0. The van der Waals surface area contributed by atoms with E-state index >= 15 is 0 Å². The van der Waals surface area contributed by atoms with Crippen LogP contribution in [0.1, 0.15) is 34.1 Å². The average molecular weight is 174 g/mol. The number of hydrogen-bond donors (Lipinski definition) is 1. The zero-order chi connectivity index (χ0) is 9.61. The van der Waals surface area contributed by atoms with Crippen molar-refractivity contribution in [2.24, 2.45) is 0 Å². The van der Waals surface area contributed by atoms with E-state index in [0.717, 1.165) is 6.54 Å². The van der Waals surface area contributed by atoms with E-state index in [4.69, 9.17) is 4.74 Å². The predicted molar refractivity (Wildman–Crippen MR) is 47.8 cm³/mol.